The molecule has 11 heteroatoms. The third-order valence-corrected chi connectivity index (χ3v) is 6.50. The number of hydrogen-bond donors (Lipinski definition) is 1. The molecular formula is C16H18F6O4S. The number of hydrogen-bond acceptors (Lipinski definition) is 5. The van der Waals surface area contributed by atoms with Gasteiger partial charge in [-0.3, -0.25) is 0 Å². The predicted octanol–water partition coefficient (Wildman–Crippen LogP) is 3.64. The van der Waals surface area contributed by atoms with Crippen LogP contribution in [0.5, 0.6) is 0 Å². The quantitative estimate of drug-likeness (QED) is 0.421. The summed E-state index contributed by atoms with van der Waals surface area (Å²) in [6, 6.07) is 0. The zero-order valence-corrected chi connectivity index (χ0v) is 14.9. The fourth-order valence-corrected chi connectivity index (χ4v) is 5.41. The average molecular weight is 420 g/mol. The Morgan fingerprint density at radius 3 is 1.89 bits per heavy atom. The van der Waals surface area contributed by atoms with Gasteiger partial charge in [-0.1, -0.05) is 12.6 Å². The van der Waals surface area contributed by atoms with E-state index in [9.17, 15) is 31.1 Å². The molecule has 0 amide bonds. The number of esters is 1. The molecule has 27 heavy (non-hydrogen) atoms. The third kappa shape index (κ3) is 2.95. The van der Waals surface area contributed by atoms with Crippen molar-refractivity contribution in [2.45, 2.75) is 60.6 Å². The summed E-state index contributed by atoms with van der Waals surface area (Å²) in [5, 5.41) is -3.96. The van der Waals surface area contributed by atoms with Crippen molar-refractivity contribution in [3.05, 3.63) is 0 Å². The van der Waals surface area contributed by atoms with E-state index >= 15 is 0 Å². The highest BCUT2D eigenvalue weighted by atomic mass is 32.1. The van der Waals surface area contributed by atoms with Crippen LogP contribution in [0.2, 0.25) is 0 Å². The number of rotatable bonds is 2. The van der Waals surface area contributed by atoms with Crippen molar-refractivity contribution in [2.24, 2.45) is 17.8 Å². The molecule has 0 N–H and O–H groups in total. The predicted molar refractivity (Wildman–Crippen MR) is 80.8 cm³/mol. The van der Waals surface area contributed by atoms with E-state index in [0.717, 1.165) is 0 Å². The third-order valence-electron chi connectivity index (χ3n) is 6.32. The first-order chi connectivity index (χ1) is 12.3. The Balaban J connectivity index is 1.60. The number of alkyl halides is 6. The van der Waals surface area contributed by atoms with Gasteiger partial charge in [0.1, 0.15) is 18.8 Å². The highest BCUT2D eigenvalue weighted by Crippen LogP contribution is 2.64. The molecule has 0 aromatic rings. The van der Waals surface area contributed by atoms with Crippen molar-refractivity contribution < 1.29 is 45.3 Å². The number of halogens is 6. The molecule has 2 unspecified atom stereocenters. The zero-order chi connectivity index (χ0) is 19.9. The van der Waals surface area contributed by atoms with Gasteiger partial charge in [0, 0.05) is 11.8 Å². The van der Waals surface area contributed by atoms with Gasteiger partial charge in [-0.15, -0.1) is 0 Å². The molecular weight excluding hydrogens is 402 g/mol. The Morgan fingerprint density at radius 1 is 0.963 bits per heavy atom. The van der Waals surface area contributed by atoms with Gasteiger partial charge in [0.25, 0.3) is 0 Å². The lowest BCUT2D eigenvalue weighted by Gasteiger charge is -2.63. The van der Waals surface area contributed by atoms with E-state index in [0.29, 0.717) is 19.3 Å². The molecule has 0 aromatic carbocycles. The second-order valence-electron chi connectivity index (χ2n) is 8.17. The molecule has 5 aliphatic rings. The summed E-state index contributed by atoms with van der Waals surface area (Å²) in [7, 11) is 0. The number of carbonyl (C=O) groups is 1. The summed E-state index contributed by atoms with van der Waals surface area (Å²) in [6.07, 6.45) is 1.33. The lowest BCUT2D eigenvalue weighted by Crippen LogP contribution is -2.66. The molecule has 0 radical (unpaired) electrons. The summed E-state index contributed by atoms with van der Waals surface area (Å²) < 4.78 is 96.8. The van der Waals surface area contributed by atoms with Crippen LogP contribution in [0.15, 0.2) is 0 Å². The van der Waals surface area contributed by atoms with E-state index in [-0.39, 0.29) is 18.8 Å². The van der Waals surface area contributed by atoms with Crippen molar-refractivity contribution in [1.82, 2.24) is 0 Å². The minimum atomic E-state index is -4.37. The summed E-state index contributed by atoms with van der Waals surface area (Å²) in [6.45, 7) is -2.97. The van der Waals surface area contributed by atoms with E-state index in [2.05, 4.69) is 12.6 Å². The van der Waals surface area contributed by atoms with Crippen LogP contribution in [0.25, 0.3) is 0 Å². The molecule has 1 heterocycles. The largest absolute Gasteiger partial charge is 0.454 e. The van der Waals surface area contributed by atoms with Crippen molar-refractivity contribution >= 4 is 18.6 Å². The Kier molecular flexibility index (Phi) is 4.13. The monoisotopic (exact) mass is 420 g/mol. The van der Waals surface area contributed by atoms with Gasteiger partial charge < -0.3 is 14.2 Å². The van der Waals surface area contributed by atoms with Crippen LogP contribution in [-0.4, -0.2) is 47.7 Å². The molecule has 1 saturated heterocycles. The summed E-state index contributed by atoms with van der Waals surface area (Å²) >= 11 is 2.92. The van der Waals surface area contributed by atoms with Crippen molar-refractivity contribution in [3.63, 3.8) is 0 Å². The van der Waals surface area contributed by atoms with Crippen LogP contribution in [-0.2, 0) is 19.0 Å². The first-order valence-corrected chi connectivity index (χ1v) is 9.11. The summed E-state index contributed by atoms with van der Waals surface area (Å²) in [5.41, 5.74) is -1.20. The first kappa shape index (κ1) is 19.6. The Labute approximate surface area is 156 Å². The van der Waals surface area contributed by atoms with Crippen molar-refractivity contribution in [2.75, 3.05) is 13.2 Å². The van der Waals surface area contributed by atoms with E-state index in [1.165, 1.54) is 0 Å². The molecule has 1 spiro atoms. The lowest BCUT2D eigenvalue weighted by atomic mass is 9.51. The standard InChI is InChI=1S/C16H18F6O4S/c17-13(18)6-24-15(25-7-14(13,19)20)9-1-8-2-10(15)5-12(3-8,4-9)26-11(23)16(21,22)27/h8-10,27H,1-7H2. The van der Waals surface area contributed by atoms with Gasteiger partial charge in [-0.25, -0.2) is 4.79 Å². The lowest BCUT2D eigenvalue weighted by molar-refractivity contribution is -0.355. The second-order valence-corrected chi connectivity index (χ2v) is 8.73. The minimum absolute atomic E-state index is 0.00839. The maximum Gasteiger partial charge on any atom is 0.388 e. The van der Waals surface area contributed by atoms with Crippen LogP contribution in [0, 0.1) is 17.8 Å². The molecule has 0 aromatic heterocycles. The minimum Gasteiger partial charge on any atom is -0.454 e. The topological polar surface area (TPSA) is 44.8 Å². The fourth-order valence-electron chi connectivity index (χ4n) is 5.37. The van der Waals surface area contributed by atoms with Crippen molar-refractivity contribution in [1.29, 1.82) is 0 Å². The molecule has 4 nitrogen and oxygen atoms in total. The molecule has 4 aliphatic carbocycles. The Hall–Kier alpha value is -0.680. The van der Waals surface area contributed by atoms with E-state index < -0.39 is 59.5 Å². The van der Waals surface area contributed by atoms with Gasteiger partial charge in [-0.2, -0.15) is 26.3 Å². The molecule has 154 valence electrons. The second kappa shape index (κ2) is 5.69. The SMILES string of the molecule is O=C(OC12CC3CC(C1)C1(OCC(F)(F)C(F)(F)CO1)C(C3)C2)C(F)(F)S. The molecule has 5 rings (SSSR count). The van der Waals surface area contributed by atoms with E-state index in [1.807, 2.05) is 0 Å². The van der Waals surface area contributed by atoms with Gasteiger partial charge >= 0.3 is 23.1 Å². The Bertz CT molecular complexity index is 615. The number of thiol groups is 1. The maximum atomic E-state index is 13.7. The van der Waals surface area contributed by atoms with Crippen LogP contribution in [0.3, 0.4) is 0 Å². The van der Waals surface area contributed by atoms with Gasteiger partial charge in [0.2, 0.25) is 0 Å². The normalized spacial score (nSPS) is 41.4. The maximum absolute atomic E-state index is 13.7. The summed E-state index contributed by atoms with van der Waals surface area (Å²) in [5.74, 6) is -13.4. The summed E-state index contributed by atoms with van der Waals surface area (Å²) in [4.78, 5) is 11.6. The Morgan fingerprint density at radius 2 is 1.44 bits per heavy atom. The molecule has 4 bridgehead atoms. The zero-order valence-electron chi connectivity index (χ0n) is 14.0. The average Bonchev–Trinajstić information content (AvgIpc) is 2.60. The van der Waals surface area contributed by atoms with E-state index in [1.54, 1.807) is 0 Å². The molecule has 5 fully saturated rings. The van der Waals surface area contributed by atoms with Gasteiger partial charge in [-0.05, 0) is 38.0 Å². The van der Waals surface area contributed by atoms with Gasteiger partial charge in [0.15, 0.2) is 5.79 Å². The molecule has 2 atom stereocenters. The highest BCUT2D eigenvalue weighted by Gasteiger charge is 2.70. The fraction of sp³-hybridized carbons (Fsp3) is 0.938. The van der Waals surface area contributed by atoms with Crippen LogP contribution < -0.4 is 0 Å². The smallest absolute Gasteiger partial charge is 0.388 e. The molecule has 1 aliphatic heterocycles. The number of carbonyl (C=O) groups excluding carboxylic acids is 1. The van der Waals surface area contributed by atoms with E-state index in [4.69, 9.17) is 14.2 Å². The van der Waals surface area contributed by atoms with Gasteiger partial charge in [0.05, 0.1) is 0 Å². The van der Waals surface area contributed by atoms with Crippen LogP contribution in [0.4, 0.5) is 26.3 Å². The van der Waals surface area contributed by atoms with Crippen LogP contribution in [0.1, 0.15) is 32.1 Å². The van der Waals surface area contributed by atoms with Crippen molar-refractivity contribution in [3.8, 4) is 0 Å². The van der Waals surface area contributed by atoms with Crippen LogP contribution >= 0.6 is 12.6 Å². The highest BCUT2D eigenvalue weighted by molar-refractivity contribution is 7.82. The number of ether oxygens (including phenoxy) is 3. The first-order valence-electron chi connectivity index (χ1n) is 8.66. The molecule has 4 saturated carbocycles.